The van der Waals surface area contributed by atoms with Gasteiger partial charge in [-0.3, -0.25) is 9.59 Å². The first-order valence-corrected chi connectivity index (χ1v) is 9.99. The van der Waals surface area contributed by atoms with Gasteiger partial charge < -0.3 is 16.4 Å². The molecule has 2 aliphatic rings. The van der Waals surface area contributed by atoms with Crippen molar-refractivity contribution in [2.45, 2.75) is 64.5 Å². The minimum atomic E-state index is 0.0367. The minimum absolute atomic E-state index is 0.0367. The number of hydrogen-bond donors (Lipinski definition) is 3. The van der Waals surface area contributed by atoms with E-state index >= 15 is 0 Å². The van der Waals surface area contributed by atoms with Gasteiger partial charge in [-0.2, -0.15) is 0 Å². The molecule has 2 aliphatic carbocycles. The maximum Gasteiger partial charge on any atom is 0.224 e. The number of nitrogens with two attached hydrogens (primary N) is 1. The lowest BCUT2D eigenvalue weighted by Gasteiger charge is -2.43. The Morgan fingerprint density at radius 3 is 2.38 bits per heavy atom. The first-order valence-electron chi connectivity index (χ1n) is 9.99. The van der Waals surface area contributed by atoms with Crippen molar-refractivity contribution in [3.05, 3.63) is 29.8 Å². The number of anilines is 1. The van der Waals surface area contributed by atoms with Gasteiger partial charge in [0.15, 0.2) is 0 Å². The van der Waals surface area contributed by atoms with E-state index in [1.165, 1.54) is 19.3 Å². The number of rotatable bonds is 6. The van der Waals surface area contributed by atoms with Gasteiger partial charge in [0.25, 0.3) is 0 Å². The first kappa shape index (κ1) is 18.9. The lowest BCUT2D eigenvalue weighted by molar-refractivity contribution is -0.128. The number of fused-ring (bicyclic) bond motifs is 2. The fourth-order valence-electron chi connectivity index (χ4n) is 4.49. The normalized spacial score (nSPS) is 27.6. The SMILES string of the molecule is CCCC(=O)Nc1ccc(CNC(=O)C2CC3CCCC(C2)C3N)cc1. The van der Waals surface area contributed by atoms with Crippen molar-refractivity contribution >= 4 is 17.5 Å². The Labute approximate surface area is 156 Å². The molecule has 2 atom stereocenters. The quantitative estimate of drug-likeness (QED) is 0.731. The summed E-state index contributed by atoms with van der Waals surface area (Å²) < 4.78 is 0. The van der Waals surface area contributed by atoms with E-state index in [1.54, 1.807) is 0 Å². The van der Waals surface area contributed by atoms with Gasteiger partial charge in [-0.15, -0.1) is 0 Å². The molecular formula is C21H31N3O2. The zero-order chi connectivity index (χ0) is 18.5. The summed E-state index contributed by atoms with van der Waals surface area (Å²) in [7, 11) is 0. The summed E-state index contributed by atoms with van der Waals surface area (Å²) in [6.45, 7) is 2.51. The van der Waals surface area contributed by atoms with Crippen LogP contribution in [0.25, 0.3) is 0 Å². The second-order valence-corrected chi connectivity index (χ2v) is 7.91. The lowest BCUT2D eigenvalue weighted by Crippen LogP contribution is -2.49. The van der Waals surface area contributed by atoms with Crippen LogP contribution in [0.15, 0.2) is 24.3 Å². The highest BCUT2D eigenvalue weighted by atomic mass is 16.2. The van der Waals surface area contributed by atoms with Crippen LogP contribution in [0.1, 0.15) is 57.4 Å². The van der Waals surface area contributed by atoms with E-state index in [0.717, 1.165) is 30.5 Å². The Balaban J connectivity index is 1.48. The van der Waals surface area contributed by atoms with Crippen molar-refractivity contribution in [3.63, 3.8) is 0 Å². The van der Waals surface area contributed by atoms with Crippen LogP contribution in [-0.2, 0) is 16.1 Å². The predicted octanol–water partition coefficient (Wildman–Crippen LogP) is 3.20. The van der Waals surface area contributed by atoms with Gasteiger partial charge in [0.05, 0.1) is 0 Å². The Bertz CT molecular complexity index is 615. The number of amides is 2. The molecule has 26 heavy (non-hydrogen) atoms. The molecule has 1 aromatic rings. The minimum Gasteiger partial charge on any atom is -0.352 e. The van der Waals surface area contributed by atoms with Crippen LogP contribution in [0.4, 0.5) is 5.69 Å². The van der Waals surface area contributed by atoms with Crippen molar-refractivity contribution in [3.8, 4) is 0 Å². The summed E-state index contributed by atoms with van der Waals surface area (Å²) in [6.07, 6.45) is 6.85. The summed E-state index contributed by atoms with van der Waals surface area (Å²) in [5.74, 6) is 1.34. The van der Waals surface area contributed by atoms with Crippen LogP contribution in [0.5, 0.6) is 0 Å². The van der Waals surface area contributed by atoms with Crippen molar-refractivity contribution in [2.24, 2.45) is 23.5 Å². The van der Waals surface area contributed by atoms with Gasteiger partial charge in [0.1, 0.15) is 0 Å². The van der Waals surface area contributed by atoms with E-state index in [-0.39, 0.29) is 17.7 Å². The molecule has 3 rings (SSSR count). The van der Waals surface area contributed by atoms with Crippen LogP contribution in [0.2, 0.25) is 0 Å². The largest absolute Gasteiger partial charge is 0.352 e. The molecule has 2 unspecified atom stereocenters. The molecule has 5 nitrogen and oxygen atoms in total. The predicted molar refractivity (Wildman–Crippen MR) is 103 cm³/mol. The molecule has 1 aromatic carbocycles. The fourth-order valence-corrected chi connectivity index (χ4v) is 4.49. The summed E-state index contributed by atoms with van der Waals surface area (Å²) in [4.78, 5) is 24.2. The zero-order valence-electron chi connectivity index (χ0n) is 15.7. The van der Waals surface area contributed by atoms with E-state index in [1.807, 2.05) is 31.2 Å². The number of nitrogens with one attached hydrogen (secondary N) is 2. The lowest BCUT2D eigenvalue weighted by atomic mass is 9.65. The maximum absolute atomic E-state index is 12.6. The van der Waals surface area contributed by atoms with Crippen LogP contribution < -0.4 is 16.4 Å². The molecule has 0 aliphatic heterocycles. The van der Waals surface area contributed by atoms with Crippen molar-refractivity contribution in [1.82, 2.24) is 5.32 Å². The average Bonchev–Trinajstić information content (AvgIpc) is 2.61. The smallest absolute Gasteiger partial charge is 0.224 e. The van der Waals surface area contributed by atoms with Gasteiger partial charge in [-0.05, 0) is 61.6 Å². The van der Waals surface area contributed by atoms with Gasteiger partial charge in [0.2, 0.25) is 11.8 Å². The second kappa shape index (κ2) is 8.67. The maximum atomic E-state index is 12.6. The first-order chi connectivity index (χ1) is 12.6. The molecule has 0 spiro atoms. The fraction of sp³-hybridized carbons (Fsp3) is 0.619. The number of hydrogen-bond acceptors (Lipinski definition) is 3. The zero-order valence-corrected chi connectivity index (χ0v) is 15.7. The van der Waals surface area contributed by atoms with Gasteiger partial charge in [0, 0.05) is 30.6 Å². The summed E-state index contributed by atoms with van der Waals surface area (Å²) in [5, 5.41) is 5.96. The molecule has 142 valence electrons. The van der Waals surface area contributed by atoms with Crippen molar-refractivity contribution < 1.29 is 9.59 Å². The molecule has 2 fully saturated rings. The topological polar surface area (TPSA) is 84.2 Å². The molecule has 4 N–H and O–H groups in total. The van der Waals surface area contributed by atoms with Gasteiger partial charge in [-0.1, -0.05) is 25.5 Å². The summed E-state index contributed by atoms with van der Waals surface area (Å²) in [5.41, 5.74) is 8.16. The van der Waals surface area contributed by atoms with E-state index in [0.29, 0.717) is 30.8 Å². The van der Waals surface area contributed by atoms with E-state index < -0.39 is 0 Å². The van der Waals surface area contributed by atoms with E-state index in [9.17, 15) is 9.59 Å². The highest BCUT2D eigenvalue weighted by Crippen LogP contribution is 2.41. The Kier molecular flexibility index (Phi) is 6.30. The second-order valence-electron chi connectivity index (χ2n) is 7.91. The third-order valence-electron chi connectivity index (χ3n) is 5.97. The highest BCUT2D eigenvalue weighted by molar-refractivity contribution is 5.90. The van der Waals surface area contributed by atoms with Crippen LogP contribution in [0, 0.1) is 17.8 Å². The molecular weight excluding hydrogens is 326 g/mol. The van der Waals surface area contributed by atoms with Crippen LogP contribution in [0.3, 0.4) is 0 Å². The van der Waals surface area contributed by atoms with Gasteiger partial charge in [-0.25, -0.2) is 0 Å². The van der Waals surface area contributed by atoms with Crippen LogP contribution in [-0.4, -0.2) is 17.9 Å². The van der Waals surface area contributed by atoms with Crippen molar-refractivity contribution in [2.75, 3.05) is 5.32 Å². The standard InChI is InChI=1S/C21H31N3O2/c1-2-4-19(25)24-18-9-7-14(8-10-18)13-23-21(26)17-11-15-5-3-6-16(12-17)20(15)22/h7-10,15-17,20H,2-6,11-13,22H2,1H3,(H,23,26)(H,24,25). The third kappa shape index (κ3) is 4.64. The average molecular weight is 357 g/mol. The van der Waals surface area contributed by atoms with Crippen molar-refractivity contribution in [1.29, 1.82) is 0 Å². The monoisotopic (exact) mass is 357 g/mol. The third-order valence-corrected chi connectivity index (χ3v) is 5.97. The number of benzene rings is 1. The molecule has 2 saturated carbocycles. The molecule has 0 radical (unpaired) electrons. The van der Waals surface area contributed by atoms with Gasteiger partial charge >= 0.3 is 0 Å². The Morgan fingerprint density at radius 1 is 1.12 bits per heavy atom. The molecule has 0 aromatic heterocycles. The van der Waals surface area contributed by atoms with E-state index in [4.69, 9.17) is 5.73 Å². The summed E-state index contributed by atoms with van der Waals surface area (Å²) >= 11 is 0. The Morgan fingerprint density at radius 2 is 1.77 bits per heavy atom. The molecule has 0 heterocycles. The Hall–Kier alpha value is -1.88. The molecule has 0 saturated heterocycles. The number of carbonyl (C=O) groups excluding carboxylic acids is 2. The highest BCUT2D eigenvalue weighted by Gasteiger charge is 2.40. The molecule has 2 amide bonds. The van der Waals surface area contributed by atoms with E-state index in [2.05, 4.69) is 10.6 Å². The number of carbonyl (C=O) groups is 2. The molecule has 2 bridgehead atoms. The van der Waals surface area contributed by atoms with Crippen LogP contribution >= 0.6 is 0 Å². The molecule has 5 heteroatoms. The summed E-state index contributed by atoms with van der Waals surface area (Å²) in [6, 6.07) is 7.97.